The van der Waals surface area contributed by atoms with Crippen molar-refractivity contribution in [2.75, 3.05) is 5.73 Å². The fourth-order valence-electron chi connectivity index (χ4n) is 2.46. The molecule has 0 aliphatic carbocycles. The van der Waals surface area contributed by atoms with Crippen LogP contribution >= 0.6 is 0 Å². The third-order valence-electron chi connectivity index (χ3n) is 3.48. The van der Waals surface area contributed by atoms with Gasteiger partial charge in [-0.1, -0.05) is 0 Å². The van der Waals surface area contributed by atoms with E-state index in [0.717, 1.165) is 4.57 Å². The Balaban J connectivity index is 2.41. The van der Waals surface area contributed by atoms with Gasteiger partial charge in [0.25, 0.3) is 5.56 Å². The van der Waals surface area contributed by atoms with E-state index in [1.165, 1.54) is 24.3 Å². The van der Waals surface area contributed by atoms with Crippen LogP contribution in [0.3, 0.4) is 0 Å². The summed E-state index contributed by atoms with van der Waals surface area (Å²) in [5.74, 6) is -0.453. The maximum absolute atomic E-state index is 13.3. The molecule has 1 aromatic heterocycles. The van der Waals surface area contributed by atoms with Gasteiger partial charge in [0.05, 0.1) is 16.6 Å². The molecular weight excluding hydrogens is 288 g/mol. The number of aryl methyl sites for hydroxylation is 1. The maximum atomic E-state index is 13.3. The van der Waals surface area contributed by atoms with Crippen LogP contribution in [0, 0.1) is 12.7 Å². The molecule has 0 bridgehead atoms. The second kappa shape index (κ2) is 5.22. The molecule has 0 saturated heterocycles. The highest BCUT2D eigenvalue weighted by molar-refractivity contribution is 5.81. The van der Waals surface area contributed by atoms with Crippen molar-refractivity contribution in [3.63, 3.8) is 0 Å². The van der Waals surface area contributed by atoms with E-state index in [1.54, 1.807) is 19.1 Å². The van der Waals surface area contributed by atoms with Crippen molar-refractivity contribution in [1.29, 1.82) is 0 Å². The monoisotopic (exact) mass is 301 g/mol. The molecule has 0 atom stereocenters. The number of anilines is 1. The highest BCUT2D eigenvalue weighted by atomic mass is 19.1. The van der Waals surface area contributed by atoms with Crippen LogP contribution < -0.4 is 11.3 Å². The Bertz CT molecular complexity index is 935. The molecule has 22 heavy (non-hydrogen) atoms. The number of rotatable bonds is 2. The molecule has 0 spiro atoms. The van der Waals surface area contributed by atoms with Crippen molar-refractivity contribution in [3.05, 3.63) is 64.0 Å². The second-order valence-corrected chi connectivity index (χ2v) is 5.01. The number of halogens is 2. The number of benzene rings is 2. The minimum atomic E-state index is -0.910. The highest BCUT2D eigenvalue weighted by Gasteiger charge is 2.14. The van der Waals surface area contributed by atoms with Gasteiger partial charge >= 0.3 is 0 Å². The van der Waals surface area contributed by atoms with Crippen molar-refractivity contribution in [3.8, 4) is 5.69 Å². The van der Waals surface area contributed by atoms with Crippen LogP contribution in [0.25, 0.3) is 16.6 Å². The van der Waals surface area contributed by atoms with Crippen molar-refractivity contribution in [1.82, 2.24) is 9.55 Å². The van der Waals surface area contributed by atoms with Gasteiger partial charge in [0, 0.05) is 5.69 Å². The summed E-state index contributed by atoms with van der Waals surface area (Å²) >= 11 is 0. The molecule has 0 radical (unpaired) electrons. The van der Waals surface area contributed by atoms with Gasteiger partial charge in [-0.05, 0) is 48.9 Å². The number of nitrogen functional groups attached to an aromatic ring is 1. The second-order valence-electron chi connectivity index (χ2n) is 5.01. The summed E-state index contributed by atoms with van der Waals surface area (Å²) in [6, 6.07) is 8.62. The smallest absolute Gasteiger partial charge is 0.266 e. The van der Waals surface area contributed by atoms with Crippen molar-refractivity contribution in [2.45, 2.75) is 13.6 Å². The fraction of sp³-hybridized carbons (Fsp3) is 0.125. The number of nitrogens with zero attached hydrogens (tertiary/aromatic N) is 2. The standard InChI is InChI=1S/C16H13F2N3O/c1-9-6-10(18)2-5-14(9)21-15(8-17)20-13-4-3-11(19)7-12(13)16(21)22/h2-7H,8,19H2,1H3. The van der Waals surface area contributed by atoms with Gasteiger partial charge in [-0.25, -0.2) is 13.8 Å². The Hall–Kier alpha value is -2.76. The van der Waals surface area contributed by atoms with Gasteiger partial charge in [-0.2, -0.15) is 0 Å². The molecule has 1 heterocycles. The molecule has 0 amide bonds. The quantitative estimate of drug-likeness (QED) is 0.740. The fourth-order valence-corrected chi connectivity index (χ4v) is 2.46. The lowest BCUT2D eigenvalue weighted by Gasteiger charge is -2.14. The van der Waals surface area contributed by atoms with Crippen molar-refractivity contribution < 1.29 is 8.78 Å². The van der Waals surface area contributed by atoms with E-state index in [1.807, 2.05) is 0 Å². The molecule has 112 valence electrons. The number of hydrogen-bond donors (Lipinski definition) is 1. The summed E-state index contributed by atoms with van der Waals surface area (Å²) in [7, 11) is 0. The Morgan fingerprint density at radius 1 is 1.23 bits per heavy atom. The van der Waals surface area contributed by atoms with E-state index < -0.39 is 18.1 Å². The molecular formula is C16H13F2N3O. The summed E-state index contributed by atoms with van der Waals surface area (Å²) in [5, 5.41) is 0.293. The molecule has 0 aliphatic heterocycles. The topological polar surface area (TPSA) is 60.9 Å². The van der Waals surface area contributed by atoms with Gasteiger partial charge < -0.3 is 5.73 Å². The number of alkyl halides is 1. The first-order valence-electron chi connectivity index (χ1n) is 6.65. The average molecular weight is 301 g/mol. The van der Waals surface area contributed by atoms with Gasteiger partial charge in [0.15, 0.2) is 0 Å². The highest BCUT2D eigenvalue weighted by Crippen LogP contribution is 2.19. The summed E-state index contributed by atoms with van der Waals surface area (Å²) in [6.45, 7) is 0.739. The van der Waals surface area contributed by atoms with Gasteiger partial charge in [-0.3, -0.25) is 9.36 Å². The van der Waals surface area contributed by atoms with E-state index in [-0.39, 0.29) is 5.82 Å². The van der Waals surface area contributed by atoms with E-state index in [0.29, 0.717) is 27.8 Å². The van der Waals surface area contributed by atoms with E-state index in [2.05, 4.69) is 4.98 Å². The number of nitrogens with two attached hydrogens (primary N) is 1. The molecule has 2 N–H and O–H groups in total. The van der Waals surface area contributed by atoms with E-state index in [9.17, 15) is 13.6 Å². The molecule has 0 fully saturated rings. The Kier molecular flexibility index (Phi) is 3.36. The zero-order chi connectivity index (χ0) is 15.9. The first kappa shape index (κ1) is 14.2. The third kappa shape index (κ3) is 2.22. The van der Waals surface area contributed by atoms with Crippen molar-refractivity contribution in [2.24, 2.45) is 0 Å². The van der Waals surface area contributed by atoms with Crippen LogP contribution in [0.2, 0.25) is 0 Å². The van der Waals surface area contributed by atoms with Gasteiger partial charge in [0.2, 0.25) is 0 Å². The third-order valence-corrected chi connectivity index (χ3v) is 3.48. The predicted molar refractivity (Wildman–Crippen MR) is 81.3 cm³/mol. The summed E-state index contributed by atoms with van der Waals surface area (Å²) < 4.78 is 27.8. The molecule has 0 unspecified atom stereocenters. The summed E-state index contributed by atoms with van der Waals surface area (Å²) in [6.07, 6.45) is 0. The first-order valence-corrected chi connectivity index (χ1v) is 6.65. The lowest BCUT2D eigenvalue weighted by atomic mass is 10.1. The zero-order valence-electron chi connectivity index (χ0n) is 11.8. The maximum Gasteiger partial charge on any atom is 0.266 e. The van der Waals surface area contributed by atoms with Crippen LogP contribution in [0.5, 0.6) is 0 Å². The molecule has 3 aromatic rings. The molecule has 4 nitrogen and oxygen atoms in total. The van der Waals surface area contributed by atoms with Gasteiger partial charge in [0.1, 0.15) is 18.3 Å². The lowest BCUT2D eigenvalue weighted by Crippen LogP contribution is -2.24. The predicted octanol–water partition coefficient (Wildman–Crippen LogP) is 2.88. The number of hydrogen-bond acceptors (Lipinski definition) is 3. The lowest BCUT2D eigenvalue weighted by molar-refractivity contribution is 0.457. The molecule has 3 rings (SSSR count). The normalized spacial score (nSPS) is 11.0. The van der Waals surface area contributed by atoms with Crippen molar-refractivity contribution >= 4 is 16.6 Å². The molecule has 0 aliphatic rings. The average Bonchev–Trinajstić information content (AvgIpc) is 2.49. The Morgan fingerprint density at radius 3 is 2.68 bits per heavy atom. The molecule has 2 aromatic carbocycles. The van der Waals surface area contributed by atoms with Crippen LogP contribution in [0.1, 0.15) is 11.4 Å². The molecule has 6 heteroatoms. The van der Waals surface area contributed by atoms with E-state index in [4.69, 9.17) is 5.73 Å². The summed E-state index contributed by atoms with van der Waals surface area (Å²) in [4.78, 5) is 16.9. The Morgan fingerprint density at radius 2 is 2.00 bits per heavy atom. The minimum Gasteiger partial charge on any atom is -0.399 e. The Labute approximate surface area is 124 Å². The van der Waals surface area contributed by atoms with Crippen LogP contribution in [0.15, 0.2) is 41.2 Å². The largest absolute Gasteiger partial charge is 0.399 e. The van der Waals surface area contributed by atoms with Gasteiger partial charge in [-0.15, -0.1) is 0 Å². The first-order chi connectivity index (χ1) is 10.5. The minimum absolute atomic E-state index is 0.0306. The SMILES string of the molecule is Cc1cc(F)ccc1-n1c(CF)nc2ccc(N)cc2c1=O. The van der Waals surface area contributed by atoms with Crippen LogP contribution in [-0.2, 0) is 6.67 Å². The van der Waals surface area contributed by atoms with Crippen LogP contribution in [-0.4, -0.2) is 9.55 Å². The van der Waals surface area contributed by atoms with Crippen LogP contribution in [0.4, 0.5) is 14.5 Å². The summed E-state index contributed by atoms with van der Waals surface area (Å²) in [5.41, 5.74) is 6.98. The molecule has 0 saturated carbocycles. The zero-order valence-corrected chi connectivity index (χ0v) is 11.8. The number of fused-ring (bicyclic) bond motifs is 1. The van der Waals surface area contributed by atoms with E-state index >= 15 is 0 Å². The number of aromatic nitrogens is 2.